The van der Waals surface area contributed by atoms with Gasteiger partial charge in [0.1, 0.15) is 28.6 Å². The van der Waals surface area contributed by atoms with Crippen LogP contribution in [-0.4, -0.2) is 21.4 Å². The highest BCUT2D eigenvalue weighted by Gasteiger charge is 2.69. The lowest BCUT2D eigenvalue weighted by Gasteiger charge is -2.55. The minimum Gasteiger partial charge on any atom is -0.340 e. The van der Waals surface area contributed by atoms with E-state index in [9.17, 15) is 18.8 Å². The van der Waals surface area contributed by atoms with Gasteiger partial charge >= 0.3 is 0 Å². The van der Waals surface area contributed by atoms with Crippen molar-refractivity contribution in [3.05, 3.63) is 70.0 Å². The molecule has 4 aliphatic heterocycles. The third-order valence-corrected chi connectivity index (χ3v) is 6.67. The summed E-state index contributed by atoms with van der Waals surface area (Å²) in [6.45, 7) is 1.73. The van der Waals surface area contributed by atoms with E-state index in [-0.39, 0.29) is 23.6 Å². The van der Waals surface area contributed by atoms with E-state index in [4.69, 9.17) is 0 Å². The number of hydrogen-bond donors (Lipinski definition) is 2. The molecule has 1 saturated heterocycles. The van der Waals surface area contributed by atoms with Crippen LogP contribution in [-0.2, 0) is 20.5 Å². The Morgan fingerprint density at radius 3 is 2.79 bits per heavy atom. The summed E-state index contributed by atoms with van der Waals surface area (Å²) in [4.78, 5) is 44.0. The summed E-state index contributed by atoms with van der Waals surface area (Å²) in [7, 11) is 0. The lowest BCUT2D eigenvalue weighted by molar-refractivity contribution is -0.142. The molecule has 1 aromatic heterocycles. The number of nitrogens with one attached hydrogen (secondary N) is 2. The summed E-state index contributed by atoms with van der Waals surface area (Å²) in [5.41, 5.74) is -1.01. The van der Waals surface area contributed by atoms with Crippen molar-refractivity contribution in [2.75, 3.05) is 5.32 Å². The Balaban J connectivity index is 1.73. The van der Waals surface area contributed by atoms with Gasteiger partial charge in [-0.2, -0.15) is 0 Å². The number of aromatic nitrogens is 2. The van der Waals surface area contributed by atoms with Gasteiger partial charge in [-0.15, -0.1) is 0 Å². The molecule has 7 nitrogen and oxygen atoms in total. The summed E-state index contributed by atoms with van der Waals surface area (Å²) in [5, 5.41) is 5.99. The molecule has 4 aliphatic rings. The van der Waals surface area contributed by atoms with Gasteiger partial charge < -0.3 is 10.6 Å². The first kappa shape index (κ1) is 16.4. The van der Waals surface area contributed by atoms with Crippen LogP contribution in [0.3, 0.4) is 0 Å². The lowest BCUT2D eigenvalue weighted by atomic mass is 9.58. The van der Waals surface area contributed by atoms with Gasteiger partial charge in [-0.25, -0.2) is 9.37 Å². The van der Waals surface area contributed by atoms with Crippen molar-refractivity contribution in [3.8, 4) is 0 Å². The molecule has 2 bridgehead atoms. The second kappa shape index (κ2) is 4.89. The Morgan fingerprint density at radius 1 is 1.17 bits per heavy atom. The number of anilines is 1. The van der Waals surface area contributed by atoms with Crippen molar-refractivity contribution in [3.63, 3.8) is 0 Å². The van der Waals surface area contributed by atoms with E-state index in [1.165, 1.54) is 16.7 Å². The fourth-order valence-corrected chi connectivity index (χ4v) is 5.31. The molecular weight excluding hydrogens is 375 g/mol. The zero-order valence-electron chi connectivity index (χ0n) is 15.3. The summed E-state index contributed by atoms with van der Waals surface area (Å²) >= 11 is 0. The SMILES string of the molecule is C[C@@]12NC(=O)[C@H](C[C@@]13C(=O)Nc1ccccc13)n1c2nc2ccc(F)cc2c1=O. The first-order valence-electron chi connectivity index (χ1n) is 9.32. The highest BCUT2D eigenvalue weighted by atomic mass is 19.1. The number of rotatable bonds is 0. The van der Waals surface area contributed by atoms with Crippen LogP contribution in [0.2, 0.25) is 0 Å². The van der Waals surface area contributed by atoms with E-state index >= 15 is 0 Å². The van der Waals surface area contributed by atoms with Gasteiger partial charge in [0.2, 0.25) is 11.8 Å². The van der Waals surface area contributed by atoms with Crippen LogP contribution < -0.4 is 16.2 Å². The number of halogens is 1. The molecule has 5 heterocycles. The number of carbonyl (C=O) groups excluding carboxylic acids is 2. The summed E-state index contributed by atoms with van der Waals surface area (Å²) in [6.07, 6.45) is 0.133. The topological polar surface area (TPSA) is 93.1 Å². The van der Waals surface area contributed by atoms with Gasteiger partial charge in [0.15, 0.2) is 0 Å². The minimum absolute atomic E-state index is 0.114. The van der Waals surface area contributed by atoms with Crippen LogP contribution in [0.5, 0.6) is 0 Å². The normalized spacial score (nSPS) is 29.0. The van der Waals surface area contributed by atoms with Crippen LogP contribution >= 0.6 is 0 Å². The maximum Gasteiger partial charge on any atom is 0.262 e. The maximum absolute atomic E-state index is 13.7. The fraction of sp³-hybridized carbons (Fsp3) is 0.238. The van der Waals surface area contributed by atoms with Crippen LogP contribution in [0.4, 0.5) is 10.1 Å². The Bertz CT molecular complexity index is 1350. The van der Waals surface area contributed by atoms with Crippen molar-refractivity contribution >= 4 is 28.4 Å². The summed E-state index contributed by atoms with van der Waals surface area (Å²) in [6, 6.07) is 10.3. The van der Waals surface area contributed by atoms with E-state index < -0.39 is 28.4 Å². The largest absolute Gasteiger partial charge is 0.340 e. The van der Waals surface area contributed by atoms with Crippen LogP contribution in [0.15, 0.2) is 47.3 Å². The molecule has 3 atom stereocenters. The van der Waals surface area contributed by atoms with Crippen molar-refractivity contribution < 1.29 is 14.0 Å². The predicted octanol–water partition coefficient (Wildman–Crippen LogP) is 1.72. The van der Waals surface area contributed by atoms with Gasteiger partial charge in [-0.05, 0) is 43.2 Å². The Labute approximate surface area is 163 Å². The van der Waals surface area contributed by atoms with Crippen LogP contribution in [0.1, 0.15) is 30.8 Å². The Hall–Kier alpha value is -3.55. The van der Waals surface area contributed by atoms with Gasteiger partial charge in [-0.3, -0.25) is 19.0 Å². The molecule has 8 heteroatoms. The van der Waals surface area contributed by atoms with Crippen molar-refractivity contribution in [2.45, 2.75) is 30.3 Å². The summed E-state index contributed by atoms with van der Waals surface area (Å²) < 4.78 is 15.1. The molecule has 0 radical (unpaired) electrons. The number of benzene rings is 2. The standard InChI is InChI=1S/C21H15FN4O3/c1-20-18-23-13-7-6-10(22)8-11(13)17(28)26(18)15(16(27)25-20)9-21(20)12-4-2-3-5-14(12)24-19(21)29/h2-8,15H,9H2,1H3,(H,24,29)(H,25,27)/t15-,20-,21+/m0/s1. The van der Waals surface area contributed by atoms with Crippen LogP contribution in [0, 0.1) is 5.82 Å². The van der Waals surface area contributed by atoms with Gasteiger partial charge in [0.25, 0.3) is 5.56 Å². The fourth-order valence-electron chi connectivity index (χ4n) is 5.31. The number of para-hydroxylation sites is 1. The maximum atomic E-state index is 13.7. The number of nitrogens with zero attached hydrogens (tertiary/aromatic N) is 2. The second-order valence-electron chi connectivity index (χ2n) is 8.01. The van der Waals surface area contributed by atoms with E-state index in [0.717, 1.165) is 11.6 Å². The molecule has 1 spiro atoms. The number of piperidine rings is 1. The predicted molar refractivity (Wildman–Crippen MR) is 102 cm³/mol. The molecular formula is C21H15FN4O3. The molecule has 0 saturated carbocycles. The molecule has 2 amide bonds. The van der Waals surface area contributed by atoms with E-state index in [1.807, 2.05) is 24.3 Å². The molecule has 0 unspecified atom stereocenters. The van der Waals surface area contributed by atoms with Crippen molar-refractivity contribution in [2.24, 2.45) is 0 Å². The molecule has 1 fully saturated rings. The smallest absolute Gasteiger partial charge is 0.262 e. The van der Waals surface area contributed by atoms with Crippen molar-refractivity contribution in [1.82, 2.24) is 14.9 Å². The van der Waals surface area contributed by atoms with E-state index in [1.54, 1.807) is 6.92 Å². The van der Waals surface area contributed by atoms with Gasteiger partial charge in [0.05, 0.1) is 10.9 Å². The number of hydrogen-bond acceptors (Lipinski definition) is 4. The first-order valence-corrected chi connectivity index (χ1v) is 9.32. The molecule has 3 aromatic rings. The number of amides is 2. The Morgan fingerprint density at radius 2 is 1.97 bits per heavy atom. The molecule has 2 N–H and O–H groups in total. The second-order valence-corrected chi connectivity index (χ2v) is 8.01. The Kier molecular flexibility index (Phi) is 2.77. The first-order chi connectivity index (χ1) is 13.9. The molecule has 0 aliphatic carbocycles. The van der Waals surface area contributed by atoms with Gasteiger partial charge in [-0.1, -0.05) is 18.2 Å². The average molecular weight is 390 g/mol. The molecule has 29 heavy (non-hydrogen) atoms. The van der Waals surface area contributed by atoms with Crippen molar-refractivity contribution in [1.29, 1.82) is 0 Å². The summed E-state index contributed by atoms with van der Waals surface area (Å²) in [5.74, 6) is -0.813. The zero-order chi connectivity index (χ0) is 20.1. The van der Waals surface area contributed by atoms with E-state index in [2.05, 4.69) is 15.6 Å². The van der Waals surface area contributed by atoms with E-state index in [0.29, 0.717) is 17.0 Å². The molecule has 7 rings (SSSR count). The van der Waals surface area contributed by atoms with Gasteiger partial charge in [0, 0.05) is 5.69 Å². The monoisotopic (exact) mass is 390 g/mol. The zero-order valence-corrected chi connectivity index (χ0v) is 15.3. The van der Waals surface area contributed by atoms with Crippen LogP contribution in [0.25, 0.3) is 10.9 Å². The minimum atomic E-state index is -1.24. The number of fused-ring (bicyclic) bond motifs is 3. The highest BCUT2D eigenvalue weighted by molar-refractivity contribution is 6.09. The highest BCUT2D eigenvalue weighted by Crippen LogP contribution is 2.58. The number of carbonyl (C=O) groups is 2. The lowest BCUT2D eigenvalue weighted by Crippen LogP contribution is -2.72. The molecule has 144 valence electrons. The average Bonchev–Trinajstić information content (AvgIpc) is 2.97. The third-order valence-electron chi connectivity index (χ3n) is 6.67. The molecule has 2 aromatic carbocycles. The quantitative estimate of drug-likeness (QED) is 0.611. The third kappa shape index (κ3) is 1.69.